The van der Waals surface area contributed by atoms with E-state index < -0.39 is 5.97 Å². The van der Waals surface area contributed by atoms with Gasteiger partial charge in [-0.05, 0) is 43.3 Å². The maximum Gasteiger partial charge on any atom is 0.331 e. The van der Waals surface area contributed by atoms with Crippen LogP contribution in [0.5, 0.6) is 11.5 Å². The van der Waals surface area contributed by atoms with Gasteiger partial charge >= 0.3 is 5.97 Å². The first-order chi connectivity index (χ1) is 13.5. The summed E-state index contributed by atoms with van der Waals surface area (Å²) >= 11 is 0. The number of aryl methyl sites for hydroxylation is 1. The van der Waals surface area contributed by atoms with E-state index in [1.54, 1.807) is 44.6 Å². The number of ether oxygens (including phenoxy) is 3. The summed E-state index contributed by atoms with van der Waals surface area (Å²) in [5, 5.41) is 0. The molecule has 0 saturated heterocycles. The van der Waals surface area contributed by atoms with Crippen molar-refractivity contribution >= 4 is 17.7 Å². The number of hydrogen-bond donors (Lipinski definition) is 0. The molecule has 0 saturated carbocycles. The van der Waals surface area contributed by atoms with Gasteiger partial charge in [0.1, 0.15) is 23.8 Å². The van der Waals surface area contributed by atoms with E-state index in [1.807, 2.05) is 19.1 Å². The van der Waals surface area contributed by atoms with Crippen molar-refractivity contribution in [2.24, 2.45) is 0 Å². The van der Waals surface area contributed by atoms with Gasteiger partial charge in [0.2, 0.25) is 0 Å². The molecular weight excluding hydrogens is 360 g/mol. The van der Waals surface area contributed by atoms with E-state index in [2.05, 4.69) is 4.98 Å². The standard InChI is InChI=1S/C21H20N2O5/c1-14-5-4-6-19-22-16(12-20(24)23(14)19)13-28-21(25)10-7-15-11-17(26-2)8-9-18(15)27-3/h4-12H,13H2,1-3H3/b10-7+. The van der Waals surface area contributed by atoms with Crippen molar-refractivity contribution in [1.82, 2.24) is 9.38 Å². The van der Waals surface area contributed by atoms with Crippen LogP contribution in [0.1, 0.15) is 17.0 Å². The number of fused-ring (bicyclic) bond motifs is 1. The topological polar surface area (TPSA) is 79.1 Å². The first-order valence-corrected chi connectivity index (χ1v) is 8.57. The normalized spacial score (nSPS) is 11.0. The summed E-state index contributed by atoms with van der Waals surface area (Å²) in [5.41, 5.74) is 2.14. The maximum atomic E-state index is 12.2. The second kappa shape index (κ2) is 8.39. The van der Waals surface area contributed by atoms with Crippen LogP contribution in [0, 0.1) is 6.92 Å². The molecule has 0 atom stereocenters. The number of methoxy groups -OCH3 is 2. The van der Waals surface area contributed by atoms with Gasteiger partial charge in [0.05, 0.1) is 19.9 Å². The summed E-state index contributed by atoms with van der Waals surface area (Å²) < 4.78 is 17.1. The van der Waals surface area contributed by atoms with Crippen molar-refractivity contribution in [3.8, 4) is 11.5 Å². The second-order valence-corrected chi connectivity index (χ2v) is 6.00. The number of esters is 1. The van der Waals surface area contributed by atoms with Gasteiger partial charge in [-0.25, -0.2) is 9.78 Å². The molecule has 0 aliphatic heterocycles. The largest absolute Gasteiger partial charge is 0.497 e. The number of carbonyl (C=O) groups is 1. The molecule has 28 heavy (non-hydrogen) atoms. The van der Waals surface area contributed by atoms with Crippen LogP contribution in [0.4, 0.5) is 0 Å². The van der Waals surface area contributed by atoms with Crippen LogP contribution in [-0.2, 0) is 16.1 Å². The monoisotopic (exact) mass is 380 g/mol. The quantitative estimate of drug-likeness (QED) is 0.483. The minimum atomic E-state index is -0.559. The number of benzene rings is 1. The van der Waals surface area contributed by atoms with Crippen LogP contribution in [0.15, 0.2) is 53.3 Å². The average Bonchev–Trinajstić information content (AvgIpc) is 2.70. The summed E-state index contributed by atoms with van der Waals surface area (Å²) in [6.07, 6.45) is 2.87. The fraction of sp³-hybridized carbons (Fsp3) is 0.190. The molecule has 0 bridgehead atoms. The average molecular weight is 380 g/mol. The van der Waals surface area contributed by atoms with Crippen LogP contribution in [0.2, 0.25) is 0 Å². The van der Waals surface area contributed by atoms with Crippen molar-refractivity contribution in [2.45, 2.75) is 13.5 Å². The molecule has 0 amide bonds. The number of hydrogen-bond acceptors (Lipinski definition) is 6. The smallest absolute Gasteiger partial charge is 0.331 e. The molecule has 0 aliphatic rings. The minimum Gasteiger partial charge on any atom is -0.497 e. The molecule has 3 rings (SSSR count). The lowest BCUT2D eigenvalue weighted by Gasteiger charge is -2.07. The van der Waals surface area contributed by atoms with Gasteiger partial charge in [-0.2, -0.15) is 0 Å². The number of pyridine rings is 1. The lowest BCUT2D eigenvalue weighted by molar-refractivity contribution is -0.139. The molecule has 0 N–H and O–H groups in total. The van der Waals surface area contributed by atoms with Crippen molar-refractivity contribution in [3.63, 3.8) is 0 Å². The van der Waals surface area contributed by atoms with E-state index >= 15 is 0 Å². The Labute approximate surface area is 161 Å². The molecule has 144 valence electrons. The summed E-state index contributed by atoms with van der Waals surface area (Å²) in [7, 11) is 3.10. The molecule has 0 fully saturated rings. The summed E-state index contributed by atoms with van der Waals surface area (Å²) in [6, 6.07) is 12.0. The first-order valence-electron chi connectivity index (χ1n) is 8.57. The van der Waals surface area contributed by atoms with Gasteiger partial charge in [0, 0.05) is 23.4 Å². The fourth-order valence-electron chi connectivity index (χ4n) is 2.76. The SMILES string of the molecule is COc1ccc(OC)c(/C=C/C(=O)OCc2cc(=O)n3c(C)cccc3n2)c1. The fourth-order valence-corrected chi connectivity index (χ4v) is 2.76. The summed E-state index contributed by atoms with van der Waals surface area (Å²) in [5.74, 6) is 0.686. The van der Waals surface area contributed by atoms with Crippen LogP contribution in [-0.4, -0.2) is 29.6 Å². The van der Waals surface area contributed by atoms with Crippen molar-refractivity contribution < 1.29 is 19.0 Å². The van der Waals surface area contributed by atoms with E-state index in [0.29, 0.717) is 28.4 Å². The third-order valence-electron chi connectivity index (χ3n) is 4.13. The van der Waals surface area contributed by atoms with Crippen LogP contribution in [0.25, 0.3) is 11.7 Å². The van der Waals surface area contributed by atoms with E-state index in [0.717, 1.165) is 5.69 Å². The molecule has 0 unspecified atom stereocenters. The zero-order chi connectivity index (χ0) is 20.1. The zero-order valence-electron chi connectivity index (χ0n) is 15.8. The lowest BCUT2D eigenvalue weighted by atomic mass is 10.1. The molecule has 0 spiro atoms. The number of nitrogens with zero attached hydrogens (tertiary/aromatic N) is 2. The predicted molar refractivity (Wildman–Crippen MR) is 105 cm³/mol. The lowest BCUT2D eigenvalue weighted by Crippen LogP contribution is -2.18. The molecule has 7 heteroatoms. The van der Waals surface area contributed by atoms with Gasteiger partial charge in [0.15, 0.2) is 0 Å². The minimum absolute atomic E-state index is 0.0991. The maximum absolute atomic E-state index is 12.2. The van der Waals surface area contributed by atoms with Gasteiger partial charge in [-0.1, -0.05) is 6.07 Å². The number of aromatic nitrogens is 2. The molecule has 2 heterocycles. The Morgan fingerprint density at radius 3 is 2.71 bits per heavy atom. The third kappa shape index (κ3) is 4.20. The molecule has 7 nitrogen and oxygen atoms in total. The highest BCUT2D eigenvalue weighted by molar-refractivity contribution is 5.87. The van der Waals surface area contributed by atoms with Gasteiger partial charge in [0.25, 0.3) is 5.56 Å². The Morgan fingerprint density at radius 1 is 1.14 bits per heavy atom. The molecule has 0 aliphatic carbocycles. The van der Waals surface area contributed by atoms with Gasteiger partial charge < -0.3 is 14.2 Å². The summed E-state index contributed by atoms with van der Waals surface area (Å²) in [6.45, 7) is 1.73. The predicted octanol–water partition coefficient (Wildman–Crippen LogP) is 2.78. The zero-order valence-corrected chi connectivity index (χ0v) is 15.8. The van der Waals surface area contributed by atoms with Crippen LogP contribution >= 0.6 is 0 Å². The Kier molecular flexibility index (Phi) is 5.74. The Bertz CT molecular complexity index is 1100. The van der Waals surface area contributed by atoms with E-state index in [1.165, 1.54) is 16.5 Å². The molecular formula is C21H20N2O5. The van der Waals surface area contributed by atoms with Crippen LogP contribution < -0.4 is 15.0 Å². The van der Waals surface area contributed by atoms with Gasteiger partial charge in [-0.15, -0.1) is 0 Å². The Morgan fingerprint density at radius 2 is 1.96 bits per heavy atom. The highest BCUT2D eigenvalue weighted by atomic mass is 16.5. The summed E-state index contributed by atoms with van der Waals surface area (Å²) in [4.78, 5) is 28.7. The van der Waals surface area contributed by atoms with E-state index in [9.17, 15) is 9.59 Å². The highest BCUT2D eigenvalue weighted by Gasteiger charge is 2.07. The molecule has 0 radical (unpaired) electrons. The van der Waals surface area contributed by atoms with Crippen molar-refractivity contribution in [1.29, 1.82) is 0 Å². The second-order valence-electron chi connectivity index (χ2n) is 6.00. The Balaban J connectivity index is 1.72. The molecule has 3 aromatic rings. The molecule has 2 aromatic heterocycles. The molecule has 1 aromatic carbocycles. The Hall–Kier alpha value is -3.61. The number of rotatable bonds is 6. The van der Waals surface area contributed by atoms with Crippen molar-refractivity contribution in [3.05, 3.63) is 75.8 Å². The highest BCUT2D eigenvalue weighted by Crippen LogP contribution is 2.25. The first kappa shape index (κ1) is 19.2. The van der Waals surface area contributed by atoms with E-state index in [-0.39, 0.29) is 12.2 Å². The van der Waals surface area contributed by atoms with E-state index in [4.69, 9.17) is 14.2 Å². The van der Waals surface area contributed by atoms with Crippen LogP contribution in [0.3, 0.4) is 0 Å². The van der Waals surface area contributed by atoms with Gasteiger partial charge in [-0.3, -0.25) is 9.20 Å². The van der Waals surface area contributed by atoms with Crippen molar-refractivity contribution in [2.75, 3.05) is 14.2 Å². The third-order valence-corrected chi connectivity index (χ3v) is 4.13. The number of carbonyl (C=O) groups excluding carboxylic acids is 1.